The Hall–Kier alpha value is 1.88. The summed E-state index contributed by atoms with van der Waals surface area (Å²) in [5.41, 5.74) is 0. The van der Waals surface area contributed by atoms with Crippen LogP contribution in [0.15, 0.2) is 0 Å². The van der Waals surface area contributed by atoms with Gasteiger partial charge in [-0.1, -0.05) is 0 Å². The molecule has 0 aromatic heterocycles. The van der Waals surface area contributed by atoms with Crippen molar-refractivity contribution in [3.8, 4) is 0 Å². The van der Waals surface area contributed by atoms with E-state index in [4.69, 9.17) is 10.2 Å². The first kappa shape index (κ1) is 16.5. The number of aliphatic carboxylic acids is 1. The zero-order valence-corrected chi connectivity index (χ0v) is 11.5. The Morgan fingerprint density at radius 3 is 1.88 bits per heavy atom. The number of carboxylic acids is 1. The van der Waals surface area contributed by atoms with E-state index in [1.54, 1.807) is 0 Å². The van der Waals surface area contributed by atoms with Crippen LogP contribution in [0.5, 0.6) is 0 Å². The van der Waals surface area contributed by atoms with Crippen LogP contribution in [0.2, 0.25) is 0 Å². The Labute approximate surface area is 110 Å². The molecule has 0 amide bonds. The van der Waals surface area contributed by atoms with Gasteiger partial charge in [-0.05, 0) is 6.92 Å². The number of carboxylic acid groups (broad SMARTS) is 1. The Bertz CT molecular complexity index is 72.8. The van der Waals surface area contributed by atoms with Crippen molar-refractivity contribution in [2.75, 3.05) is 0 Å². The predicted molar refractivity (Wildman–Crippen MR) is 27.3 cm³/mol. The fourth-order valence-corrected chi connectivity index (χ4v) is 0. The van der Waals surface area contributed by atoms with Crippen LogP contribution in [-0.2, 0) is 31.0 Å². The summed E-state index contributed by atoms with van der Waals surface area (Å²) >= 11 is 0. The van der Waals surface area contributed by atoms with Gasteiger partial charge in [0, 0.05) is 26.2 Å². The molecule has 0 saturated carbocycles. The molecule has 1 atom stereocenters. The Morgan fingerprint density at radius 2 is 1.88 bits per heavy atom. The van der Waals surface area contributed by atoms with Gasteiger partial charge in [-0.2, -0.15) is 0 Å². The minimum atomic E-state index is -1.23. The molecule has 0 spiro atoms. The van der Waals surface area contributed by atoms with Gasteiger partial charge >= 0.3 is 54.9 Å². The smallest absolute Gasteiger partial charge is 1.00 e. The zero-order valence-electron chi connectivity index (χ0n) is 6.59. The van der Waals surface area contributed by atoms with E-state index in [0.717, 1.165) is 0 Å². The Morgan fingerprint density at radius 1 is 1.75 bits per heavy atom. The summed E-state index contributed by atoms with van der Waals surface area (Å²) in [5.74, 6) is -1.19. The largest absolute Gasteiger partial charge is 2.00 e. The molecule has 0 aromatic rings. The summed E-state index contributed by atoms with van der Waals surface area (Å²) in [6, 6.07) is 0. The Kier molecular flexibility index (Phi) is 18.3. The molecule has 2 N–H and O–H groups in total. The molecule has 0 saturated heterocycles. The third-order valence-electron chi connectivity index (χ3n) is 0.357. The van der Waals surface area contributed by atoms with Crippen molar-refractivity contribution in [3.05, 3.63) is 0 Å². The van der Waals surface area contributed by atoms with Crippen LogP contribution in [-0.4, -0.2) is 71.2 Å². The minimum Gasteiger partial charge on any atom is -1.00 e. The molecule has 3 nitrogen and oxygen atoms in total. The van der Waals surface area contributed by atoms with Crippen molar-refractivity contribution in [1.29, 1.82) is 0 Å². The maximum Gasteiger partial charge on any atom is 2.00 e. The van der Waals surface area contributed by atoms with Crippen LogP contribution in [0.25, 0.3) is 0 Å². The fourth-order valence-electron chi connectivity index (χ4n) is 0. The molecule has 44 valence electrons. The number of aliphatic hydroxyl groups is 1. The van der Waals surface area contributed by atoms with Crippen molar-refractivity contribution >= 4 is 54.9 Å². The molecule has 0 radical (unpaired) electrons. The second-order valence-electron chi connectivity index (χ2n) is 1.01. The maximum atomic E-state index is 9.45. The molecule has 8 heavy (non-hydrogen) atoms. The number of rotatable bonds is 1. The van der Waals surface area contributed by atoms with Gasteiger partial charge in [0.15, 0.2) is 0 Å². The van der Waals surface area contributed by atoms with Gasteiger partial charge in [0.2, 0.25) is 0 Å². The molecule has 0 heterocycles. The van der Waals surface area contributed by atoms with Crippen LogP contribution in [0.1, 0.15) is 9.78 Å². The van der Waals surface area contributed by atoms with Crippen LogP contribution >= 0.6 is 0 Å². The first-order valence-corrected chi connectivity index (χ1v) is 1.55. The second-order valence-corrected chi connectivity index (χ2v) is 1.01. The van der Waals surface area contributed by atoms with Gasteiger partial charge in [-0.3, -0.25) is 0 Å². The zero-order chi connectivity index (χ0) is 5.15. The third-order valence-corrected chi connectivity index (χ3v) is 0.357. The van der Waals surface area contributed by atoms with Gasteiger partial charge in [-0.25, -0.2) is 4.79 Å². The molecule has 0 aliphatic carbocycles. The Balaban J connectivity index is -0.0000000208. The van der Waals surface area contributed by atoms with Crippen LogP contribution in [0, 0.1) is 0 Å². The maximum absolute atomic E-state index is 9.45. The van der Waals surface area contributed by atoms with Gasteiger partial charge in [0.05, 0.1) is 0 Å². The normalized spacial score (nSPS) is 10.2. The summed E-state index contributed by atoms with van der Waals surface area (Å²) in [5, 5.41) is 15.8. The second kappa shape index (κ2) is 8.88. The fraction of sp³-hybridized carbons (Fsp3) is 0.667. The van der Waals surface area contributed by atoms with Crippen molar-refractivity contribution < 1.29 is 44.1 Å². The number of aliphatic hydroxyl groups excluding tert-OH is 1. The molecule has 0 aliphatic rings. The predicted octanol–water partition coefficient (Wildman–Crippen LogP) is -0.706. The molecule has 5 heteroatoms. The monoisotopic (exact) mass is 320 g/mol. The topological polar surface area (TPSA) is 57.5 Å². The van der Waals surface area contributed by atoms with E-state index in [9.17, 15) is 4.79 Å². The first-order chi connectivity index (χ1) is 2.64. The van der Waals surface area contributed by atoms with Gasteiger partial charge in [0.25, 0.3) is 0 Å². The summed E-state index contributed by atoms with van der Waals surface area (Å²) in [4.78, 5) is 9.45. The molecule has 0 aromatic carbocycles. The molecule has 1 unspecified atom stereocenters. The van der Waals surface area contributed by atoms with E-state index in [-0.39, 0.29) is 77.9 Å². The quantitative estimate of drug-likeness (QED) is 0.628. The molecule has 0 rings (SSSR count). The number of hydrogen-bond acceptors (Lipinski definition) is 2. The van der Waals surface area contributed by atoms with Crippen LogP contribution < -0.4 is 0 Å². The van der Waals surface area contributed by atoms with Crippen molar-refractivity contribution in [1.82, 2.24) is 0 Å². The van der Waals surface area contributed by atoms with Crippen LogP contribution in [0.4, 0.5) is 0 Å². The molecule has 0 aliphatic heterocycles. The van der Waals surface area contributed by atoms with E-state index in [1.165, 1.54) is 6.92 Å². The van der Waals surface area contributed by atoms with E-state index in [0.29, 0.717) is 0 Å². The van der Waals surface area contributed by atoms with E-state index < -0.39 is 12.1 Å². The van der Waals surface area contributed by atoms with Crippen molar-refractivity contribution in [2.24, 2.45) is 0 Å². The van der Waals surface area contributed by atoms with E-state index in [1.807, 2.05) is 0 Å². The summed E-state index contributed by atoms with van der Waals surface area (Å²) in [7, 11) is 0. The average Bonchev–Trinajstić information content (AvgIpc) is 1.36. The summed E-state index contributed by atoms with van der Waals surface area (Å²) in [6.45, 7) is 1.20. The van der Waals surface area contributed by atoms with E-state index >= 15 is 0 Å². The van der Waals surface area contributed by atoms with Gasteiger partial charge < -0.3 is 13.1 Å². The standard InChI is InChI=1S/C3H6O3.Ba.Zr.2H/c1-2(4)3(5)6;;;;/h2,4H,1H3,(H,5,6);;;;/q;+2;;2*-1. The third kappa shape index (κ3) is 10.8. The SMILES string of the molecule is CC(O)C(=O)O.[Ba+2].[H-].[H-].[Zr]. The molecular weight excluding hydrogens is 313 g/mol. The summed E-state index contributed by atoms with van der Waals surface area (Å²) in [6.07, 6.45) is -1.23. The van der Waals surface area contributed by atoms with Gasteiger partial charge in [-0.15, -0.1) is 0 Å². The molecule has 0 fully saturated rings. The molecular formula is C3H8BaO3Zr. The number of carbonyl (C=O) groups is 1. The molecule has 0 bridgehead atoms. The average molecular weight is 321 g/mol. The van der Waals surface area contributed by atoms with Crippen LogP contribution in [0.3, 0.4) is 0 Å². The minimum absolute atomic E-state index is 0. The summed E-state index contributed by atoms with van der Waals surface area (Å²) < 4.78 is 0. The number of hydrogen-bond donors (Lipinski definition) is 2. The van der Waals surface area contributed by atoms with E-state index in [2.05, 4.69) is 0 Å². The van der Waals surface area contributed by atoms with Gasteiger partial charge in [0.1, 0.15) is 6.10 Å². The van der Waals surface area contributed by atoms with Crippen molar-refractivity contribution in [3.63, 3.8) is 0 Å². The van der Waals surface area contributed by atoms with Crippen molar-refractivity contribution in [2.45, 2.75) is 13.0 Å². The first-order valence-electron chi connectivity index (χ1n) is 1.55.